The second kappa shape index (κ2) is 7.17. The third-order valence-corrected chi connectivity index (χ3v) is 3.54. The number of alkyl halides is 1. The molecule has 0 aliphatic carbocycles. The highest BCUT2D eigenvalue weighted by Crippen LogP contribution is 2.12. The van der Waals surface area contributed by atoms with Gasteiger partial charge in [-0.15, -0.1) is 0 Å². The molecule has 17 heavy (non-hydrogen) atoms. The van der Waals surface area contributed by atoms with Crippen LogP contribution < -0.4 is 0 Å². The number of halogens is 2. The summed E-state index contributed by atoms with van der Waals surface area (Å²) in [5.41, 5.74) is 1.05. The molecule has 0 bridgehead atoms. The molecule has 0 spiro atoms. The molecule has 1 unspecified atom stereocenters. The molecular weight excluding hydrogens is 346 g/mol. The summed E-state index contributed by atoms with van der Waals surface area (Å²) in [6.07, 6.45) is 1.45. The second-order valence-electron chi connectivity index (χ2n) is 4.19. The van der Waals surface area contributed by atoms with E-state index < -0.39 is 0 Å². The lowest BCUT2D eigenvalue weighted by molar-refractivity contribution is -0.129. The average Bonchev–Trinajstić information content (AvgIpc) is 2.28. The summed E-state index contributed by atoms with van der Waals surface area (Å²) in [7, 11) is 1.86. The number of likely N-dealkylation sites (N-methyl/N-ethyl adjacent to an activating group) is 1. The van der Waals surface area contributed by atoms with Crippen molar-refractivity contribution in [1.82, 2.24) is 4.90 Å². The molecule has 0 heterocycles. The second-order valence-corrected chi connectivity index (χ2v) is 6.67. The fourth-order valence-corrected chi connectivity index (χ4v) is 1.88. The van der Waals surface area contributed by atoms with E-state index in [1.54, 1.807) is 4.90 Å². The summed E-state index contributed by atoms with van der Waals surface area (Å²) in [5, 5.41) is 0. The van der Waals surface area contributed by atoms with Gasteiger partial charge in [0, 0.05) is 22.9 Å². The number of nitrogens with zero attached hydrogens (tertiary/aromatic N) is 1. The zero-order valence-electron chi connectivity index (χ0n) is 10.1. The lowest BCUT2D eigenvalue weighted by Crippen LogP contribution is -2.30. The van der Waals surface area contributed by atoms with Crippen molar-refractivity contribution in [3.8, 4) is 0 Å². The van der Waals surface area contributed by atoms with Gasteiger partial charge in [-0.2, -0.15) is 0 Å². The van der Waals surface area contributed by atoms with Gasteiger partial charge < -0.3 is 4.90 Å². The first-order chi connectivity index (χ1) is 7.99. The van der Waals surface area contributed by atoms with Crippen molar-refractivity contribution in [3.05, 3.63) is 34.3 Å². The highest BCUT2D eigenvalue weighted by molar-refractivity contribution is 9.10. The third-order valence-electron chi connectivity index (χ3n) is 2.56. The number of carbonyl (C=O) groups excluding carboxylic acids is 1. The van der Waals surface area contributed by atoms with Crippen molar-refractivity contribution in [1.29, 1.82) is 0 Å². The third kappa shape index (κ3) is 5.68. The van der Waals surface area contributed by atoms with Gasteiger partial charge in [-0.25, -0.2) is 0 Å². The normalized spacial score (nSPS) is 12.2. The molecule has 94 valence electrons. The van der Waals surface area contributed by atoms with Crippen molar-refractivity contribution in [3.63, 3.8) is 0 Å². The fraction of sp³-hybridized carbons (Fsp3) is 0.462. The Morgan fingerprint density at radius 3 is 2.47 bits per heavy atom. The zero-order valence-corrected chi connectivity index (χ0v) is 13.3. The van der Waals surface area contributed by atoms with E-state index in [4.69, 9.17) is 0 Å². The maximum Gasteiger partial charge on any atom is 0.226 e. The Bertz CT molecular complexity index is 362. The topological polar surface area (TPSA) is 20.3 Å². The molecular formula is C13H17Br2NO. The lowest BCUT2D eigenvalue weighted by atomic mass is 10.1. The monoisotopic (exact) mass is 361 g/mol. The van der Waals surface area contributed by atoms with Gasteiger partial charge in [0.1, 0.15) is 0 Å². The first-order valence-corrected chi connectivity index (χ1v) is 7.32. The average molecular weight is 363 g/mol. The van der Waals surface area contributed by atoms with E-state index in [1.807, 2.05) is 31.3 Å². The predicted molar refractivity (Wildman–Crippen MR) is 78.5 cm³/mol. The minimum atomic E-state index is 0.167. The molecule has 1 rings (SSSR count). The predicted octanol–water partition coefficient (Wildman–Crippen LogP) is 3.62. The molecule has 4 heteroatoms. The Kier molecular flexibility index (Phi) is 6.20. The van der Waals surface area contributed by atoms with E-state index in [-0.39, 0.29) is 5.91 Å². The molecule has 1 amide bonds. The minimum Gasteiger partial charge on any atom is -0.345 e. The van der Waals surface area contributed by atoms with Crippen LogP contribution in [-0.4, -0.2) is 29.2 Å². The molecule has 1 aromatic rings. The molecule has 0 saturated carbocycles. The molecule has 0 fully saturated rings. The van der Waals surface area contributed by atoms with E-state index >= 15 is 0 Å². The molecule has 0 saturated heterocycles. The van der Waals surface area contributed by atoms with E-state index in [0.717, 1.165) is 23.0 Å². The summed E-state index contributed by atoms with van der Waals surface area (Å²) in [6.45, 7) is 2.88. The van der Waals surface area contributed by atoms with Gasteiger partial charge in [0.2, 0.25) is 5.91 Å². The summed E-state index contributed by atoms with van der Waals surface area (Å²) in [5.74, 6) is 0.167. The first kappa shape index (κ1) is 14.7. The molecule has 0 radical (unpaired) electrons. The maximum atomic E-state index is 11.9. The van der Waals surface area contributed by atoms with Crippen LogP contribution in [0.5, 0.6) is 0 Å². The summed E-state index contributed by atoms with van der Waals surface area (Å²) in [4.78, 5) is 14.1. The van der Waals surface area contributed by atoms with Crippen LogP contribution in [0.4, 0.5) is 0 Å². The smallest absolute Gasteiger partial charge is 0.226 e. The van der Waals surface area contributed by atoms with Gasteiger partial charge in [0.15, 0.2) is 0 Å². The molecule has 0 aliphatic rings. The Morgan fingerprint density at radius 1 is 1.35 bits per heavy atom. The quantitative estimate of drug-likeness (QED) is 0.732. The van der Waals surface area contributed by atoms with Gasteiger partial charge in [0.05, 0.1) is 6.42 Å². The molecule has 0 N–H and O–H groups in total. The largest absolute Gasteiger partial charge is 0.345 e. The highest BCUT2D eigenvalue weighted by atomic mass is 79.9. The van der Waals surface area contributed by atoms with Crippen LogP contribution >= 0.6 is 31.9 Å². The fourth-order valence-electron chi connectivity index (χ4n) is 1.41. The van der Waals surface area contributed by atoms with E-state index in [0.29, 0.717) is 11.2 Å². The van der Waals surface area contributed by atoms with Crippen LogP contribution in [0.1, 0.15) is 18.9 Å². The van der Waals surface area contributed by atoms with Gasteiger partial charge >= 0.3 is 0 Å². The molecule has 1 aromatic carbocycles. The minimum absolute atomic E-state index is 0.167. The standard InChI is InChI=1S/C13H17Br2NO/c1-10(14)7-8-16(2)13(17)9-11-3-5-12(15)6-4-11/h3-6,10H,7-9H2,1-2H3. The Labute approximate surface area is 120 Å². The van der Waals surface area contributed by atoms with Gasteiger partial charge in [0.25, 0.3) is 0 Å². The van der Waals surface area contributed by atoms with Gasteiger partial charge in [-0.05, 0) is 24.1 Å². The van der Waals surface area contributed by atoms with Crippen LogP contribution in [0.3, 0.4) is 0 Å². The van der Waals surface area contributed by atoms with E-state index in [2.05, 4.69) is 38.8 Å². The summed E-state index contributed by atoms with van der Waals surface area (Å²) < 4.78 is 1.04. The van der Waals surface area contributed by atoms with E-state index in [1.165, 1.54) is 0 Å². The number of hydrogen-bond donors (Lipinski definition) is 0. The van der Waals surface area contributed by atoms with Crippen molar-refractivity contribution in [2.45, 2.75) is 24.6 Å². The number of carbonyl (C=O) groups is 1. The molecule has 0 aliphatic heterocycles. The molecule has 2 nitrogen and oxygen atoms in total. The Hall–Kier alpha value is -0.350. The highest BCUT2D eigenvalue weighted by Gasteiger charge is 2.10. The van der Waals surface area contributed by atoms with Gasteiger partial charge in [-0.1, -0.05) is 50.9 Å². The number of benzene rings is 1. The molecule has 1 atom stereocenters. The van der Waals surface area contributed by atoms with Crippen LogP contribution in [0.25, 0.3) is 0 Å². The Balaban J connectivity index is 2.45. The number of rotatable bonds is 5. The van der Waals surface area contributed by atoms with E-state index in [9.17, 15) is 4.79 Å². The SMILES string of the molecule is CC(Br)CCN(C)C(=O)Cc1ccc(Br)cc1. The van der Waals surface area contributed by atoms with Crippen molar-refractivity contribution in [2.24, 2.45) is 0 Å². The van der Waals surface area contributed by atoms with Gasteiger partial charge in [-0.3, -0.25) is 4.79 Å². The zero-order chi connectivity index (χ0) is 12.8. The van der Waals surface area contributed by atoms with Crippen LogP contribution in [-0.2, 0) is 11.2 Å². The van der Waals surface area contributed by atoms with Crippen molar-refractivity contribution < 1.29 is 4.79 Å². The van der Waals surface area contributed by atoms with Crippen molar-refractivity contribution >= 4 is 37.8 Å². The van der Waals surface area contributed by atoms with Crippen molar-refractivity contribution in [2.75, 3.05) is 13.6 Å². The summed E-state index contributed by atoms with van der Waals surface area (Å²) in [6, 6.07) is 7.87. The Morgan fingerprint density at radius 2 is 1.94 bits per heavy atom. The van der Waals surface area contributed by atoms with Crippen LogP contribution in [0.2, 0.25) is 0 Å². The summed E-state index contributed by atoms with van der Waals surface area (Å²) >= 11 is 6.86. The number of amides is 1. The van der Waals surface area contributed by atoms with Crippen LogP contribution in [0, 0.1) is 0 Å². The first-order valence-electron chi connectivity index (χ1n) is 5.61. The molecule has 0 aromatic heterocycles. The van der Waals surface area contributed by atoms with Crippen LogP contribution in [0.15, 0.2) is 28.7 Å². The number of hydrogen-bond acceptors (Lipinski definition) is 1. The lowest BCUT2D eigenvalue weighted by Gasteiger charge is -2.17. The maximum absolute atomic E-state index is 11.9.